The summed E-state index contributed by atoms with van der Waals surface area (Å²) in [5.74, 6) is 0.943. The van der Waals surface area contributed by atoms with Gasteiger partial charge in [-0.1, -0.05) is 0 Å². The molecule has 7 heteroatoms. The van der Waals surface area contributed by atoms with Crippen LogP contribution in [0.1, 0.15) is 6.42 Å². The Kier molecular flexibility index (Phi) is 3.04. The average Bonchev–Trinajstić information content (AvgIpc) is 2.76. The summed E-state index contributed by atoms with van der Waals surface area (Å²) in [4.78, 5) is 14.0. The molecule has 1 aliphatic rings. The van der Waals surface area contributed by atoms with E-state index in [4.69, 9.17) is 15.6 Å². The molecule has 0 aliphatic carbocycles. The van der Waals surface area contributed by atoms with E-state index in [1.807, 2.05) is 4.90 Å². The van der Waals surface area contributed by atoms with Gasteiger partial charge in [-0.05, 0) is 6.42 Å². The third-order valence-corrected chi connectivity index (χ3v) is 2.63. The van der Waals surface area contributed by atoms with Crippen LogP contribution in [0.15, 0.2) is 0 Å². The molecule has 1 aliphatic heterocycles. The monoisotopic (exact) mass is 225 g/mol. The van der Waals surface area contributed by atoms with Gasteiger partial charge in [-0.2, -0.15) is 15.0 Å². The molecule has 1 atom stereocenters. The molecule has 88 valence electrons. The maximum Gasteiger partial charge on any atom is 0.322 e. The van der Waals surface area contributed by atoms with E-state index >= 15 is 0 Å². The van der Waals surface area contributed by atoms with Gasteiger partial charge in [0.25, 0.3) is 0 Å². The molecule has 1 unspecified atom stereocenters. The highest BCUT2D eigenvalue weighted by molar-refractivity contribution is 5.37. The van der Waals surface area contributed by atoms with Crippen LogP contribution in [0.5, 0.6) is 6.01 Å². The van der Waals surface area contributed by atoms with Crippen molar-refractivity contribution >= 4 is 11.9 Å². The number of hydrogen-bond acceptors (Lipinski definition) is 7. The van der Waals surface area contributed by atoms with Crippen LogP contribution in [0.25, 0.3) is 0 Å². The first-order valence-corrected chi connectivity index (χ1v) is 5.14. The minimum atomic E-state index is 0.147. The normalized spacial score (nSPS) is 20.1. The van der Waals surface area contributed by atoms with Crippen molar-refractivity contribution in [3.8, 4) is 6.01 Å². The minimum Gasteiger partial charge on any atom is -0.467 e. The highest BCUT2D eigenvalue weighted by Gasteiger charge is 2.24. The van der Waals surface area contributed by atoms with E-state index in [-0.39, 0.29) is 24.5 Å². The summed E-state index contributed by atoms with van der Waals surface area (Å²) < 4.78 is 4.93. The van der Waals surface area contributed by atoms with E-state index < -0.39 is 0 Å². The lowest BCUT2D eigenvalue weighted by Gasteiger charge is -2.16. The van der Waals surface area contributed by atoms with Crippen LogP contribution < -0.4 is 15.4 Å². The molecule has 0 radical (unpaired) electrons. The van der Waals surface area contributed by atoms with Crippen LogP contribution >= 0.6 is 0 Å². The van der Waals surface area contributed by atoms with Crippen LogP contribution in [-0.4, -0.2) is 46.9 Å². The number of anilines is 2. The van der Waals surface area contributed by atoms with Gasteiger partial charge in [0.1, 0.15) is 0 Å². The molecule has 0 amide bonds. The molecule has 16 heavy (non-hydrogen) atoms. The predicted molar refractivity (Wildman–Crippen MR) is 58.2 cm³/mol. The van der Waals surface area contributed by atoms with Gasteiger partial charge in [0.2, 0.25) is 11.9 Å². The number of nitrogens with two attached hydrogens (primary N) is 1. The predicted octanol–water partition coefficient (Wildman–Crippen LogP) is -0.719. The van der Waals surface area contributed by atoms with Crippen molar-refractivity contribution in [3.05, 3.63) is 0 Å². The molecule has 0 bridgehead atoms. The summed E-state index contributed by atoms with van der Waals surface area (Å²) in [5.41, 5.74) is 5.55. The van der Waals surface area contributed by atoms with Crippen molar-refractivity contribution < 1.29 is 9.84 Å². The fraction of sp³-hybridized carbons (Fsp3) is 0.667. The summed E-state index contributed by atoms with van der Waals surface area (Å²) >= 11 is 0. The Balaban J connectivity index is 2.17. The number of ether oxygens (including phenoxy) is 1. The van der Waals surface area contributed by atoms with E-state index in [2.05, 4.69) is 15.0 Å². The zero-order valence-corrected chi connectivity index (χ0v) is 9.13. The first-order valence-electron chi connectivity index (χ1n) is 5.14. The van der Waals surface area contributed by atoms with Crippen LogP contribution in [0, 0.1) is 5.92 Å². The number of aliphatic hydroxyl groups is 1. The summed E-state index contributed by atoms with van der Waals surface area (Å²) in [6.07, 6.45) is 0.935. The molecule has 2 rings (SSSR count). The standard InChI is InChI=1S/C9H15N5O2/c1-16-9-12-7(10)11-8(13-9)14-3-2-6(4-14)5-15/h6,15H,2-5H2,1H3,(H2,10,11,12,13). The average molecular weight is 225 g/mol. The molecule has 1 saturated heterocycles. The van der Waals surface area contributed by atoms with Gasteiger partial charge < -0.3 is 20.5 Å². The van der Waals surface area contributed by atoms with Gasteiger partial charge in [0.05, 0.1) is 7.11 Å². The number of methoxy groups -OCH3 is 1. The fourth-order valence-corrected chi connectivity index (χ4v) is 1.76. The Hall–Kier alpha value is -1.63. The summed E-state index contributed by atoms with van der Waals surface area (Å²) in [7, 11) is 1.49. The van der Waals surface area contributed by atoms with E-state index in [9.17, 15) is 0 Å². The van der Waals surface area contributed by atoms with E-state index in [0.717, 1.165) is 19.5 Å². The molecule has 0 spiro atoms. The molecule has 2 heterocycles. The SMILES string of the molecule is COc1nc(N)nc(N2CCC(CO)C2)n1. The highest BCUT2D eigenvalue weighted by Crippen LogP contribution is 2.21. The first kappa shape index (κ1) is 10.9. The third-order valence-electron chi connectivity index (χ3n) is 2.63. The van der Waals surface area contributed by atoms with E-state index in [1.54, 1.807) is 0 Å². The second kappa shape index (κ2) is 4.48. The Labute approximate surface area is 93.3 Å². The van der Waals surface area contributed by atoms with E-state index in [0.29, 0.717) is 5.95 Å². The lowest BCUT2D eigenvalue weighted by atomic mass is 10.1. The molecule has 3 N–H and O–H groups in total. The van der Waals surface area contributed by atoms with Crippen LogP contribution in [0.3, 0.4) is 0 Å². The van der Waals surface area contributed by atoms with Crippen molar-refractivity contribution in [1.82, 2.24) is 15.0 Å². The molecule has 1 aromatic rings. The minimum absolute atomic E-state index is 0.147. The van der Waals surface area contributed by atoms with Crippen LogP contribution in [0.4, 0.5) is 11.9 Å². The number of nitrogens with zero attached hydrogens (tertiary/aromatic N) is 4. The van der Waals surface area contributed by atoms with E-state index in [1.165, 1.54) is 7.11 Å². The lowest BCUT2D eigenvalue weighted by molar-refractivity contribution is 0.238. The van der Waals surface area contributed by atoms with Gasteiger partial charge in [-0.15, -0.1) is 0 Å². The van der Waals surface area contributed by atoms with Crippen molar-refractivity contribution in [2.24, 2.45) is 5.92 Å². The summed E-state index contributed by atoms with van der Waals surface area (Å²) in [6.45, 7) is 1.75. The topological polar surface area (TPSA) is 97.4 Å². The molecule has 0 aromatic carbocycles. The summed E-state index contributed by atoms with van der Waals surface area (Å²) in [6, 6.07) is 0.218. The number of aliphatic hydroxyl groups excluding tert-OH is 1. The maximum atomic E-state index is 9.06. The zero-order chi connectivity index (χ0) is 11.5. The molecule has 0 saturated carbocycles. The lowest BCUT2D eigenvalue weighted by Crippen LogP contribution is -2.23. The van der Waals surface area contributed by atoms with Gasteiger partial charge in [0, 0.05) is 25.6 Å². The largest absolute Gasteiger partial charge is 0.467 e. The molecule has 7 nitrogen and oxygen atoms in total. The van der Waals surface area contributed by atoms with Crippen molar-refractivity contribution in [2.45, 2.75) is 6.42 Å². The molecule has 1 fully saturated rings. The second-order valence-corrected chi connectivity index (χ2v) is 3.76. The van der Waals surface area contributed by atoms with Crippen LogP contribution in [0.2, 0.25) is 0 Å². The Morgan fingerprint density at radius 3 is 2.94 bits per heavy atom. The fourth-order valence-electron chi connectivity index (χ4n) is 1.76. The number of aromatic nitrogens is 3. The summed E-state index contributed by atoms with van der Waals surface area (Å²) in [5, 5.41) is 9.06. The number of hydrogen-bond donors (Lipinski definition) is 2. The molecule has 1 aromatic heterocycles. The van der Waals surface area contributed by atoms with Gasteiger partial charge in [0.15, 0.2) is 0 Å². The van der Waals surface area contributed by atoms with Crippen molar-refractivity contribution in [1.29, 1.82) is 0 Å². The quantitative estimate of drug-likeness (QED) is 0.700. The third kappa shape index (κ3) is 2.13. The maximum absolute atomic E-state index is 9.06. The van der Waals surface area contributed by atoms with Crippen molar-refractivity contribution in [2.75, 3.05) is 37.4 Å². The van der Waals surface area contributed by atoms with Crippen molar-refractivity contribution in [3.63, 3.8) is 0 Å². The zero-order valence-electron chi connectivity index (χ0n) is 9.13. The van der Waals surface area contributed by atoms with Gasteiger partial charge >= 0.3 is 6.01 Å². The van der Waals surface area contributed by atoms with Gasteiger partial charge in [-0.25, -0.2) is 0 Å². The van der Waals surface area contributed by atoms with Gasteiger partial charge in [-0.3, -0.25) is 0 Å². The van der Waals surface area contributed by atoms with Crippen LogP contribution in [-0.2, 0) is 0 Å². The Morgan fingerprint density at radius 2 is 2.31 bits per heavy atom. The second-order valence-electron chi connectivity index (χ2n) is 3.76. The first-order chi connectivity index (χ1) is 7.72. The molecular formula is C9H15N5O2. The Morgan fingerprint density at radius 1 is 1.50 bits per heavy atom. The number of rotatable bonds is 3. The molecular weight excluding hydrogens is 210 g/mol. The number of nitrogen functional groups attached to an aromatic ring is 1. The smallest absolute Gasteiger partial charge is 0.322 e. The Bertz CT molecular complexity index is 373. The highest BCUT2D eigenvalue weighted by atomic mass is 16.5.